The SMILES string of the molecule is CC(C)(O)Cn1nnc2cc(-c3ccc(C(=O)N4[C@@H]5CC[C@H]4C[C@@H](N)C5)cc3-c3ccc(C#N)c(F)c3)c(F)c(C#N)c21. The van der Waals surface area contributed by atoms with Gasteiger partial charge in [0.05, 0.1) is 17.7 Å². The summed E-state index contributed by atoms with van der Waals surface area (Å²) in [6.07, 6.45) is 3.22. The molecule has 2 saturated heterocycles. The summed E-state index contributed by atoms with van der Waals surface area (Å²) in [6.45, 7) is 3.10. The first-order valence-corrected chi connectivity index (χ1v) is 14.1. The predicted octanol–water partition coefficient (Wildman–Crippen LogP) is 4.65. The van der Waals surface area contributed by atoms with Gasteiger partial charge < -0.3 is 15.7 Å². The van der Waals surface area contributed by atoms with Crippen molar-refractivity contribution in [1.29, 1.82) is 10.5 Å². The first-order chi connectivity index (χ1) is 20.5. The molecule has 9 nitrogen and oxygen atoms in total. The minimum Gasteiger partial charge on any atom is -0.389 e. The Balaban J connectivity index is 1.52. The maximum atomic E-state index is 16.2. The molecule has 218 valence electrons. The number of amides is 1. The maximum Gasteiger partial charge on any atom is 0.254 e. The van der Waals surface area contributed by atoms with E-state index in [9.17, 15) is 24.8 Å². The van der Waals surface area contributed by atoms with Gasteiger partial charge in [-0.25, -0.2) is 13.5 Å². The highest BCUT2D eigenvalue weighted by Gasteiger charge is 2.42. The van der Waals surface area contributed by atoms with Crippen molar-refractivity contribution in [1.82, 2.24) is 19.9 Å². The van der Waals surface area contributed by atoms with Crippen molar-refractivity contribution in [2.24, 2.45) is 5.73 Å². The molecule has 11 heteroatoms. The quantitative estimate of drug-likeness (QED) is 0.349. The third-order valence-corrected chi connectivity index (χ3v) is 8.34. The van der Waals surface area contributed by atoms with Gasteiger partial charge in [0.1, 0.15) is 34.6 Å². The highest BCUT2D eigenvalue weighted by atomic mass is 19.1. The van der Waals surface area contributed by atoms with E-state index in [1.807, 2.05) is 11.0 Å². The summed E-state index contributed by atoms with van der Waals surface area (Å²) < 4.78 is 32.3. The number of carbonyl (C=O) groups is 1. The largest absolute Gasteiger partial charge is 0.389 e. The Morgan fingerprint density at radius 1 is 1.05 bits per heavy atom. The summed E-state index contributed by atoms with van der Waals surface area (Å²) in [4.78, 5) is 15.7. The minimum absolute atomic E-state index is 0.0159. The van der Waals surface area contributed by atoms with Gasteiger partial charge in [-0.15, -0.1) is 5.10 Å². The van der Waals surface area contributed by atoms with E-state index in [2.05, 4.69) is 10.3 Å². The lowest BCUT2D eigenvalue weighted by Gasteiger charge is -2.38. The molecule has 2 aliphatic rings. The van der Waals surface area contributed by atoms with Crippen molar-refractivity contribution in [2.45, 2.75) is 69.8 Å². The molecule has 2 aliphatic heterocycles. The number of halogens is 2. The van der Waals surface area contributed by atoms with Gasteiger partial charge in [0, 0.05) is 29.3 Å². The van der Waals surface area contributed by atoms with Gasteiger partial charge in [-0.05, 0) is 86.6 Å². The van der Waals surface area contributed by atoms with Crippen LogP contribution in [0.1, 0.15) is 61.0 Å². The number of hydrogen-bond donors (Lipinski definition) is 2. The lowest BCUT2D eigenvalue weighted by molar-refractivity contribution is 0.0571. The molecule has 1 aromatic heterocycles. The maximum absolute atomic E-state index is 16.2. The van der Waals surface area contributed by atoms with E-state index in [0.29, 0.717) is 22.3 Å². The Hall–Kier alpha value is -4.71. The second kappa shape index (κ2) is 10.5. The molecule has 2 fully saturated rings. The van der Waals surface area contributed by atoms with Crippen LogP contribution in [0.5, 0.6) is 0 Å². The van der Waals surface area contributed by atoms with Crippen LogP contribution in [0.2, 0.25) is 0 Å². The van der Waals surface area contributed by atoms with E-state index in [1.54, 1.807) is 44.2 Å². The van der Waals surface area contributed by atoms with Crippen LogP contribution < -0.4 is 5.73 Å². The van der Waals surface area contributed by atoms with Gasteiger partial charge in [0.25, 0.3) is 5.91 Å². The fraction of sp³-hybridized carbons (Fsp3) is 0.344. The van der Waals surface area contributed by atoms with Crippen LogP contribution in [0.4, 0.5) is 8.78 Å². The lowest BCUT2D eigenvalue weighted by atomic mass is 9.90. The number of nitriles is 2. The molecule has 3 aromatic carbocycles. The summed E-state index contributed by atoms with van der Waals surface area (Å²) in [5, 5.41) is 37.7. The van der Waals surface area contributed by atoms with Crippen molar-refractivity contribution in [2.75, 3.05) is 0 Å². The molecule has 1 amide bonds. The second-order valence-corrected chi connectivity index (χ2v) is 12.0. The molecule has 0 unspecified atom stereocenters. The molecule has 3 heterocycles. The molecule has 0 saturated carbocycles. The van der Waals surface area contributed by atoms with Crippen LogP contribution in [-0.2, 0) is 6.54 Å². The molecule has 3 N–H and O–H groups in total. The molecule has 0 radical (unpaired) electrons. The normalized spacial score (nSPS) is 19.8. The zero-order valence-corrected chi connectivity index (χ0v) is 23.7. The highest BCUT2D eigenvalue weighted by Crippen LogP contribution is 2.40. The van der Waals surface area contributed by atoms with Gasteiger partial charge in [-0.3, -0.25) is 4.79 Å². The van der Waals surface area contributed by atoms with Gasteiger partial charge in [-0.1, -0.05) is 17.3 Å². The Morgan fingerprint density at radius 3 is 2.40 bits per heavy atom. The van der Waals surface area contributed by atoms with Crippen molar-refractivity contribution in [3.63, 3.8) is 0 Å². The summed E-state index contributed by atoms with van der Waals surface area (Å²) in [5.41, 5.74) is 6.28. The predicted molar refractivity (Wildman–Crippen MR) is 154 cm³/mol. The number of fused-ring (bicyclic) bond motifs is 3. The number of piperidine rings is 1. The number of carbonyl (C=O) groups excluding carboxylic acids is 1. The zero-order chi connectivity index (χ0) is 30.6. The summed E-state index contributed by atoms with van der Waals surface area (Å²) in [5.74, 6) is -1.77. The number of aromatic nitrogens is 3. The number of nitrogens with two attached hydrogens (primary N) is 1. The number of rotatable bonds is 5. The van der Waals surface area contributed by atoms with Crippen LogP contribution >= 0.6 is 0 Å². The number of nitrogens with zero attached hydrogens (tertiary/aromatic N) is 6. The molecule has 43 heavy (non-hydrogen) atoms. The average Bonchev–Trinajstić information content (AvgIpc) is 3.48. The van der Waals surface area contributed by atoms with E-state index in [4.69, 9.17) is 5.73 Å². The van der Waals surface area contributed by atoms with Crippen LogP contribution in [0, 0.1) is 34.3 Å². The molecule has 4 aromatic rings. The number of benzene rings is 3. The van der Waals surface area contributed by atoms with Gasteiger partial charge >= 0.3 is 0 Å². The average molecular weight is 582 g/mol. The van der Waals surface area contributed by atoms with Crippen LogP contribution in [0.15, 0.2) is 42.5 Å². The van der Waals surface area contributed by atoms with Crippen LogP contribution in [0.3, 0.4) is 0 Å². The van der Waals surface area contributed by atoms with Gasteiger partial charge in [0.2, 0.25) is 0 Å². The minimum atomic E-state index is -1.20. The Kier molecular flexibility index (Phi) is 6.96. The van der Waals surface area contributed by atoms with Crippen molar-refractivity contribution in [3.8, 4) is 34.4 Å². The van der Waals surface area contributed by atoms with Crippen molar-refractivity contribution >= 4 is 16.9 Å². The molecule has 2 bridgehead atoms. The van der Waals surface area contributed by atoms with E-state index in [1.165, 1.54) is 22.9 Å². The fourth-order valence-electron chi connectivity index (χ4n) is 6.52. The third-order valence-electron chi connectivity index (χ3n) is 8.34. The molecule has 0 aliphatic carbocycles. The fourth-order valence-corrected chi connectivity index (χ4v) is 6.52. The molecular weight excluding hydrogens is 552 g/mol. The third kappa shape index (κ3) is 5.01. The van der Waals surface area contributed by atoms with Gasteiger partial charge in [-0.2, -0.15) is 10.5 Å². The molecule has 0 spiro atoms. The second-order valence-electron chi connectivity index (χ2n) is 12.0. The first-order valence-electron chi connectivity index (χ1n) is 14.1. The van der Waals surface area contributed by atoms with Gasteiger partial charge in [0.15, 0.2) is 5.82 Å². The Bertz CT molecular complexity index is 1850. The van der Waals surface area contributed by atoms with E-state index >= 15 is 4.39 Å². The van der Waals surface area contributed by atoms with Crippen LogP contribution in [0.25, 0.3) is 33.3 Å². The van der Waals surface area contributed by atoms with E-state index in [-0.39, 0.29) is 58.3 Å². The van der Waals surface area contributed by atoms with Crippen LogP contribution in [-0.4, -0.2) is 54.6 Å². The summed E-state index contributed by atoms with van der Waals surface area (Å²) >= 11 is 0. The lowest BCUT2D eigenvalue weighted by Crippen LogP contribution is -2.50. The summed E-state index contributed by atoms with van der Waals surface area (Å²) in [6, 6.07) is 14.1. The summed E-state index contributed by atoms with van der Waals surface area (Å²) in [7, 11) is 0. The Morgan fingerprint density at radius 2 is 1.77 bits per heavy atom. The zero-order valence-electron chi connectivity index (χ0n) is 23.7. The topological polar surface area (TPSA) is 145 Å². The monoisotopic (exact) mass is 581 g/mol. The number of hydrogen-bond acceptors (Lipinski definition) is 7. The molecular formula is C32H29F2N7O2. The smallest absolute Gasteiger partial charge is 0.254 e. The van der Waals surface area contributed by atoms with E-state index < -0.39 is 17.2 Å². The molecule has 3 atom stereocenters. The Labute approximate surface area is 246 Å². The highest BCUT2D eigenvalue weighted by molar-refractivity contribution is 5.99. The standard InChI is InChI=1S/C32H29F2N7O2/c1-32(2,43)16-40-30-26(15-36)29(34)25(13-28(30)38-39-40)23-8-5-18(9-24(23)17-3-4-19(14-35)27(33)10-17)31(42)41-21-6-7-22(41)12-20(37)11-21/h3-5,8-10,13,20-22,43H,6-7,11-12,16,37H2,1-2H3/t20-,21+,22-. The van der Waals surface area contributed by atoms with Crippen molar-refractivity contribution < 1.29 is 18.7 Å². The van der Waals surface area contributed by atoms with E-state index in [0.717, 1.165) is 25.7 Å². The first kappa shape index (κ1) is 28.4. The van der Waals surface area contributed by atoms with Crippen molar-refractivity contribution in [3.05, 3.63) is 70.8 Å². The molecule has 6 rings (SSSR count). The number of aliphatic hydroxyl groups is 1.